The van der Waals surface area contributed by atoms with E-state index in [0.717, 1.165) is 74.2 Å². The van der Waals surface area contributed by atoms with Gasteiger partial charge in [-0.15, -0.1) is 0 Å². The molecule has 3 aliphatic rings. The molecule has 2 aliphatic heterocycles. The molecule has 2 saturated heterocycles. The number of fused-ring (bicyclic) bond motifs is 3. The Hall–Kier alpha value is -2.94. The maximum Gasteiger partial charge on any atom is 0.255 e. The number of nitrogens with zero attached hydrogens (tertiary/aromatic N) is 5. The molecule has 9 heteroatoms. The number of hydrogen-bond acceptors (Lipinski definition) is 7. The summed E-state index contributed by atoms with van der Waals surface area (Å²) in [6.45, 7) is 4.76. The fraction of sp³-hybridized carbons (Fsp3) is 0.524. The molecule has 1 spiro atoms. The van der Waals surface area contributed by atoms with Crippen LogP contribution < -0.4 is 15.4 Å². The lowest BCUT2D eigenvalue weighted by Crippen LogP contribution is -2.43. The average molecular weight is 407 g/mol. The number of nitrogens with one attached hydrogen (secondary N) is 2. The van der Waals surface area contributed by atoms with E-state index in [9.17, 15) is 4.79 Å². The van der Waals surface area contributed by atoms with E-state index in [4.69, 9.17) is 9.72 Å². The van der Waals surface area contributed by atoms with Crippen LogP contribution in [0.1, 0.15) is 30.5 Å². The first kappa shape index (κ1) is 17.9. The third-order valence-corrected chi connectivity index (χ3v) is 7.06. The minimum atomic E-state index is 0.00364. The largest absolute Gasteiger partial charge is 0.378 e. The Bertz CT molecular complexity index is 1140. The number of aromatic amines is 2. The predicted octanol–water partition coefficient (Wildman–Crippen LogP) is 1.36. The lowest BCUT2D eigenvalue weighted by atomic mass is 9.76. The zero-order valence-corrected chi connectivity index (χ0v) is 16.9. The van der Waals surface area contributed by atoms with Crippen molar-refractivity contribution in [1.82, 2.24) is 25.1 Å². The Morgan fingerprint density at radius 3 is 2.73 bits per heavy atom. The van der Waals surface area contributed by atoms with Gasteiger partial charge in [0.2, 0.25) is 5.95 Å². The van der Waals surface area contributed by atoms with E-state index in [2.05, 4.69) is 36.0 Å². The molecule has 2 fully saturated rings. The van der Waals surface area contributed by atoms with Crippen molar-refractivity contribution in [1.29, 1.82) is 0 Å². The van der Waals surface area contributed by atoms with E-state index < -0.39 is 0 Å². The standard InChI is InChI=1S/C21H25N7O2/c29-19-14-1-3-21(17(14)24-20(25-19)28-9-11-30-12-10-28)4-7-27(8-5-21)16-2-6-22-18-15(16)13-23-26-18/h2,6,13H,1,3-5,7-12H2,(H,22,23,26)(H,24,25,29). The quantitative estimate of drug-likeness (QED) is 0.661. The van der Waals surface area contributed by atoms with Gasteiger partial charge in [0.25, 0.3) is 5.56 Å². The highest BCUT2D eigenvalue weighted by atomic mass is 16.5. The molecule has 0 saturated carbocycles. The molecule has 0 aromatic carbocycles. The summed E-state index contributed by atoms with van der Waals surface area (Å²) in [5.74, 6) is 0.708. The fourth-order valence-electron chi connectivity index (χ4n) is 5.34. The summed E-state index contributed by atoms with van der Waals surface area (Å²) in [7, 11) is 0. The van der Waals surface area contributed by atoms with Gasteiger partial charge >= 0.3 is 0 Å². The van der Waals surface area contributed by atoms with Gasteiger partial charge in [-0.05, 0) is 31.7 Å². The molecule has 2 N–H and O–H groups in total. The summed E-state index contributed by atoms with van der Waals surface area (Å²) in [5.41, 5.74) is 3.97. The number of rotatable bonds is 2. The Kier molecular flexibility index (Phi) is 4.05. The summed E-state index contributed by atoms with van der Waals surface area (Å²) >= 11 is 0. The minimum absolute atomic E-state index is 0.00364. The van der Waals surface area contributed by atoms with Crippen molar-refractivity contribution in [3.8, 4) is 0 Å². The van der Waals surface area contributed by atoms with Crippen LogP contribution in [0.5, 0.6) is 0 Å². The van der Waals surface area contributed by atoms with Gasteiger partial charge in [0.1, 0.15) is 0 Å². The molecule has 5 heterocycles. The maximum absolute atomic E-state index is 12.8. The molecule has 3 aromatic heterocycles. The fourth-order valence-corrected chi connectivity index (χ4v) is 5.34. The zero-order chi connectivity index (χ0) is 20.1. The van der Waals surface area contributed by atoms with Crippen molar-refractivity contribution in [2.75, 3.05) is 49.2 Å². The van der Waals surface area contributed by atoms with Gasteiger partial charge in [-0.1, -0.05) is 0 Å². The first-order valence-corrected chi connectivity index (χ1v) is 10.7. The molecule has 6 rings (SSSR count). The van der Waals surface area contributed by atoms with E-state index in [1.54, 1.807) is 0 Å². The van der Waals surface area contributed by atoms with E-state index >= 15 is 0 Å². The predicted molar refractivity (Wildman–Crippen MR) is 113 cm³/mol. The van der Waals surface area contributed by atoms with Crippen LogP contribution in [0, 0.1) is 0 Å². The van der Waals surface area contributed by atoms with Gasteiger partial charge in [0.05, 0.1) is 36.2 Å². The van der Waals surface area contributed by atoms with Gasteiger partial charge < -0.3 is 14.5 Å². The number of pyridine rings is 1. The summed E-state index contributed by atoms with van der Waals surface area (Å²) in [5, 5.41) is 8.16. The summed E-state index contributed by atoms with van der Waals surface area (Å²) in [4.78, 5) is 29.8. The number of aromatic nitrogens is 5. The van der Waals surface area contributed by atoms with Gasteiger partial charge in [-0.25, -0.2) is 9.97 Å². The van der Waals surface area contributed by atoms with Gasteiger partial charge in [-0.3, -0.25) is 14.9 Å². The van der Waals surface area contributed by atoms with Crippen molar-refractivity contribution in [2.24, 2.45) is 0 Å². The Morgan fingerprint density at radius 2 is 1.90 bits per heavy atom. The third-order valence-electron chi connectivity index (χ3n) is 7.06. The van der Waals surface area contributed by atoms with E-state index in [0.29, 0.717) is 19.2 Å². The van der Waals surface area contributed by atoms with Crippen molar-refractivity contribution in [3.63, 3.8) is 0 Å². The van der Waals surface area contributed by atoms with E-state index in [1.165, 1.54) is 5.69 Å². The zero-order valence-electron chi connectivity index (χ0n) is 16.9. The van der Waals surface area contributed by atoms with E-state index in [1.807, 2.05) is 12.4 Å². The lowest BCUT2D eigenvalue weighted by molar-refractivity contribution is 0.122. The molecular formula is C21H25N7O2. The first-order chi connectivity index (χ1) is 14.7. The van der Waals surface area contributed by atoms with Crippen molar-refractivity contribution in [2.45, 2.75) is 31.1 Å². The van der Waals surface area contributed by atoms with Crippen LogP contribution in [0.3, 0.4) is 0 Å². The molecule has 1 aliphatic carbocycles. The topological polar surface area (TPSA) is 103 Å². The van der Waals surface area contributed by atoms with Crippen LogP contribution in [0.4, 0.5) is 11.6 Å². The SMILES string of the molecule is O=c1[nH]c(N2CCOCC2)nc2c1CCC21CCN(c2ccnc3[nH]ncc23)CC1. The number of piperidine rings is 1. The summed E-state index contributed by atoms with van der Waals surface area (Å²) in [6.07, 6.45) is 7.52. The molecule has 0 radical (unpaired) electrons. The molecule has 0 atom stereocenters. The highest BCUT2D eigenvalue weighted by Gasteiger charge is 2.44. The van der Waals surface area contributed by atoms with Crippen LogP contribution in [0.25, 0.3) is 11.0 Å². The Labute approximate surface area is 173 Å². The first-order valence-electron chi connectivity index (χ1n) is 10.7. The Morgan fingerprint density at radius 1 is 1.07 bits per heavy atom. The molecule has 156 valence electrons. The van der Waals surface area contributed by atoms with Crippen molar-refractivity contribution >= 4 is 22.7 Å². The highest BCUT2D eigenvalue weighted by Crippen LogP contribution is 2.45. The van der Waals surface area contributed by atoms with Gasteiger partial charge in [0.15, 0.2) is 5.65 Å². The maximum atomic E-state index is 12.8. The lowest BCUT2D eigenvalue weighted by Gasteiger charge is -2.40. The average Bonchev–Trinajstić information content (AvgIpc) is 3.41. The second-order valence-corrected chi connectivity index (χ2v) is 8.55. The summed E-state index contributed by atoms with van der Waals surface area (Å²) in [6, 6.07) is 2.07. The van der Waals surface area contributed by atoms with Gasteiger partial charge in [-0.2, -0.15) is 5.10 Å². The van der Waals surface area contributed by atoms with E-state index in [-0.39, 0.29) is 11.0 Å². The van der Waals surface area contributed by atoms with Crippen LogP contribution in [0.2, 0.25) is 0 Å². The van der Waals surface area contributed by atoms with Gasteiger partial charge in [0, 0.05) is 43.4 Å². The molecule has 0 unspecified atom stereocenters. The van der Waals surface area contributed by atoms with Crippen LogP contribution in [0.15, 0.2) is 23.3 Å². The molecule has 30 heavy (non-hydrogen) atoms. The number of anilines is 2. The monoisotopic (exact) mass is 407 g/mol. The normalized spacial score (nSPS) is 20.8. The number of hydrogen-bond donors (Lipinski definition) is 2. The number of morpholine rings is 1. The molecule has 0 bridgehead atoms. The third kappa shape index (κ3) is 2.72. The second-order valence-electron chi connectivity index (χ2n) is 8.55. The Balaban J connectivity index is 1.30. The second kappa shape index (κ2) is 6.80. The smallest absolute Gasteiger partial charge is 0.255 e. The van der Waals surface area contributed by atoms with Crippen molar-refractivity contribution < 1.29 is 4.74 Å². The van der Waals surface area contributed by atoms with Crippen molar-refractivity contribution in [3.05, 3.63) is 40.1 Å². The van der Waals surface area contributed by atoms with Crippen LogP contribution >= 0.6 is 0 Å². The summed E-state index contributed by atoms with van der Waals surface area (Å²) < 4.78 is 5.45. The minimum Gasteiger partial charge on any atom is -0.378 e. The highest BCUT2D eigenvalue weighted by molar-refractivity contribution is 5.88. The number of H-pyrrole nitrogens is 2. The number of ether oxygens (including phenoxy) is 1. The molecule has 9 nitrogen and oxygen atoms in total. The molecule has 0 amide bonds. The van der Waals surface area contributed by atoms with Crippen LogP contribution in [-0.2, 0) is 16.6 Å². The molecule has 3 aromatic rings. The van der Waals surface area contributed by atoms with Crippen LogP contribution in [-0.4, -0.2) is 64.5 Å². The molecular weight excluding hydrogens is 382 g/mol.